The monoisotopic (exact) mass is 383 g/mol. The summed E-state index contributed by atoms with van der Waals surface area (Å²) in [5.74, 6) is 0.0499. The van der Waals surface area contributed by atoms with Crippen LogP contribution in [0.2, 0.25) is 0 Å². The Kier molecular flexibility index (Phi) is 4.11. The maximum atomic E-state index is 13.0. The first-order chi connectivity index (χ1) is 13.4. The molecule has 3 heterocycles. The van der Waals surface area contributed by atoms with Gasteiger partial charge in [-0.3, -0.25) is 14.8 Å². The van der Waals surface area contributed by atoms with E-state index in [0.717, 1.165) is 22.9 Å². The summed E-state index contributed by atoms with van der Waals surface area (Å²) in [6, 6.07) is 9.97. The Hall–Kier alpha value is -3.67. The van der Waals surface area contributed by atoms with Gasteiger partial charge >= 0.3 is 12.2 Å². The van der Waals surface area contributed by atoms with E-state index in [0.29, 0.717) is 11.9 Å². The molecule has 2 aromatic heterocycles. The Morgan fingerprint density at radius 3 is 2.57 bits per heavy atom. The van der Waals surface area contributed by atoms with E-state index in [9.17, 15) is 23.2 Å². The summed E-state index contributed by atoms with van der Waals surface area (Å²) in [6.07, 6.45) is -0.702. The van der Waals surface area contributed by atoms with E-state index in [-0.39, 0.29) is 12.4 Å². The summed E-state index contributed by atoms with van der Waals surface area (Å²) >= 11 is 0. The molecule has 2 amide bonds. The van der Waals surface area contributed by atoms with Gasteiger partial charge in [-0.25, -0.2) is 9.78 Å². The van der Waals surface area contributed by atoms with Crippen LogP contribution in [0.4, 0.5) is 29.5 Å². The van der Waals surface area contributed by atoms with Gasteiger partial charge in [0.15, 0.2) is 0 Å². The zero-order valence-corrected chi connectivity index (χ0v) is 14.3. The largest absolute Gasteiger partial charge is 0.417 e. The molecule has 1 atom stereocenters. The Morgan fingerprint density at radius 1 is 1.11 bits per heavy atom. The molecule has 4 rings (SSSR count). The van der Waals surface area contributed by atoms with Crippen LogP contribution < -0.4 is 9.80 Å². The molecule has 1 aliphatic heterocycles. The maximum Gasteiger partial charge on any atom is 0.417 e. The summed E-state index contributed by atoms with van der Waals surface area (Å²) in [7, 11) is 0. The third-order valence-electron chi connectivity index (χ3n) is 4.51. The van der Waals surface area contributed by atoms with E-state index in [1.54, 1.807) is 6.20 Å². The number of pyridine rings is 2. The summed E-state index contributed by atoms with van der Waals surface area (Å²) in [4.78, 5) is 23.4. The number of nitriles is 1. The van der Waals surface area contributed by atoms with Gasteiger partial charge in [0.25, 0.3) is 0 Å². The van der Waals surface area contributed by atoms with Crippen LogP contribution in [0.25, 0.3) is 10.8 Å². The molecule has 140 valence electrons. The smallest absolute Gasteiger partial charge is 0.275 e. The lowest BCUT2D eigenvalue weighted by atomic mass is 10.1. The highest BCUT2D eigenvalue weighted by atomic mass is 19.4. The Bertz CT molecular complexity index is 1090. The summed E-state index contributed by atoms with van der Waals surface area (Å²) in [5.41, 5.74) is -0.445. The zero-order valence-electron chi connectivity index (χ0n) is 14.3. The van der Waals surface area contributed by atoms with Gasteiger partial charge in [0.2, 0.25) is 0 Å². The fourth-order valence-corrected chi connectivity index (χ4v) is 3.16. The molecule has 1 aromatic carbocycles. The van der Waals surface area contributed by atoms with Crippen LogP contribution in [0.5, 0.6) is 0 Å². The van der Waals surface area contributed by atoms with Gasteiger partial charge in [-0.05, 0) is 12.1 Å². The normalized spacial score (nSPS) is 17.2. The predicted octanol–water partition coefficient (Wildman–Crippen LogP) is 3.99. The quantitative estimate of drug-likeness (QED) is 0.671. The lowest BCUT2D eigenvalue weighted by Gasteiger charge is -2.20. The van der Waals surface area contributed by atoms with E-state index < -0.39 is 23.8 Å². The lowest BCUT2D eigenvalue weighted by molar-refractivity contribution is -0.137. The number of hydrogen-bond donors (Lipinski definition) is 0. The Labute approximate surface area is 157 Å². The average Bonchev–Trinajstić information content (AvgIpc) is 3.03. The standard InChI is InChI=1S/C19H12F3N5O/c20-19(21,22)13-5-6-17(25-9-13)26-11-14(7-23)27(18(26)28)16-10-24-8-12-3-1-2-4-15(12)16/h1-6,8-10,14H,11H2/t14-/m0/s1. The molecule has 0 bridgehead atoms. The molecule has 3 aromatic rings. The van der Waals surface area contributed by atoms with Crippen LogP contribution in [0.3, 0.4) is 0 Å². The minimum Gasteiger partial charge on any atom is -0.275 e. The fourth-order valence-electron chi connectivity index (χ4n) is 3.16. The summed E-state index contributed by atoms with van der Waals surface area (Å²) in [6.45, 7) is -0.0169. The Balaban J connectivity index is 1.73. The second-order valence-electron chi connectivity index (χ2n) is 6.19. The number of anilines is 2. The number of amides is 2. The molecule has 1 aliphatic rings. The van der Waals surface area contributed by atoms with E-state index in [2.05, 4.69) is 16.0 Å². The number of urea groups is 1. The molecule has 0 N–H and O–H groups in total. The van der Waals surface area contributed by atoms with Crippen molar-refractivity contribution < 1.29 is 18.0 Å². The van der Waals surface area contributed by atoms with Crippen molar-refractivity contribution in [3.8, 4) is 6.07 Å². The lowest BCUT2D eigenvalue weighted by Crippen LogP contribution is -2.35. The molecular formula is C19H12F3N5O. The zero-order chi connectivity index (χ0) is 19.9. The highest BCUT2D eigenvalue weighted by Gasteiger charge is 2.41. The van der Waals surface area contributed by atoms with Crippen LogP contribution in [-0.2, 0) is 6.18 Å². The molecular weight excluding hydrogens is 371 g/mol. The van der Waals surface area contributed by atoms with Crippen LogP contribution in [0.15, 0.2) is 55.0 Å². The van der Waals surface area contributed by atoms with Crippen molar-refractivity contribution in [2.24, 2.45) is 0 Å². The van der Waals surface area contributed by atoms with Crippen LogP contribution >= 0.6 is 0 Å². The van der Waals surface area contributed by atoms with Crippen molar-refractivity contribution in [3.63, 3.8) is 0 Å². The molecule has 0 saturated carbocycles. The number of fused-ring (bicyclic) bond motifs is 1. The predicted molar refractivity (Wildman–Crippen MR) is 95.6 cm³/mol. The van der Waals surface area contributed by atoms with Crippen LogP contribution in [0.1, 0.15) is 5.56 Å². The number of alkyl halides is 3. The first kappa shape index (κ1) is 17.7. The van der Waals surface area contributed by atoms with Gasteiger partial charge in [-0.15, -0.1) is 0 Å². The fraction of sp³-hybridized carbons (Fsp3) is 0.158. The average molecular weight is 383 g/mol. The van der Waals surface area contributed by atoms with Crippen molar-refractivity contribution >= 4 is 28.3 Å². The number of benzene rings is 1. The highest BCUT2D eigenvalue weighted by molar-refractivity contribution is 6.11. The number of hydrogen-bond acceptors (Lipinski definition) is 4. The molecule has 1 saturated heterocycles. The molecule has 0 radical (unpaired) electrons. The number of aromatic nitrogens is 2. The molecule has 6 nitrogen and oxygen atoms in total. The molecule has 1 fully saturated rings. The second kappa shape index (κ2) is 6.49. The summed E-state index contributed by atoms with van der Waals surface area (Å²) in [5, 5.41) is 11.1. The highest BCUT2D eigenvalue weighted by Crippen LogP contribution is 2.34. The third kappa shape index (κ3) is 2.89. The molecule has 28 heavy (non-hydrogen) atoms. The number of halogens is 3. The molecule has 9 heteroatoms. The van der Waals surface area contributed by atoms with Crippen molar-refractivity contribution in [3.05, 3.63) is 60.6 Å². The number of carbonyl (C=O) groups excluding carboxylic acids is 1. The van der Waals surface area contributed by atoms with E-state index >= 15 is 0 Å². The first-order valence-electron chi connectivity index (χ1n) is 8.26. The molecule has 0 unspecified atom stereocenters. The topological polar surface area (TPSA) is 73.1 Å². The number of nitrogens with zero attached hydrogens (tertiary/aromatic N) is 5. The van der Waals surface area contributed by atoms with Crippen molar-refractivity contribution in [1.29, 1.82) is 5.26 Å². The Morgan fingerprint density at radius 2 is 1.89 bits per heavy atom. The van der Waals surface area contributed by atoms with Crippen LogP contribution in [0, 0.1) is 11.3 Å². The van der Waals surface area contributed by atoms with Crippen molar-refractivity contribution in [1.82, 2.24) is 9.97 Å². The molecule has 0 aliphatic carbocycles. The van der Waals surface area contributed by atoms with E-state index in [1.165, 1.54) is 16.0 Å². The van der Waals surface area contributed by atoms with E-state index in [4.69, 9.17) is 0 Å². The SMILES string of the molecule is N#C[C@H]1CN(c2ccc(C(F)(F)F)cn2)C(=O)N1c1cncc2ccccc12. The third-order valence-corrected chi connectivity index (χ3v) is 4.51. The minimum atomic E-state index is -4.52. The van der Waals surface area contributed by atoms with Gasteiger partial charge in [0, 0.05) is 23.2 Å². The van der Waals surface area contributed by atoms with Crippen molar-refractivity contribution in [2.75, 3.05) is 16.3 Å². The van der Waals surface area contributed by atoms with Gasteiger partial charge in [0.05, 0.1) is 30.1 Å². The second-order valence-corrected chi connectivity index (χ2v) is 6.19. The number of rotatable bonds is 2. The van der Waals surface area contributed by atoms with Gasteiger partial charge in [-0.2, -0.15) is 18.4 Å². The number of carbonyl (C=O) groups is 1. The summed E-state index contributed by atoms with van der Waals surface area (Å²) < 4.78 is 38.2. The van der Waals surface area contributed by atoms with Gasteiger partial charge in [-0.1, -0.05) is 24.3 Å². The minimum absolute atomic E-state index is 0.0169. The van der Waals surface area contributed by atoms with Gasteiger partial charge < -0.3 is 0 Å². The molecule has 0 spiro atoms. The first-order valence-corrected chi connectivity index (χ1v) is 8.26. The van der Waals surface area contributed by atoms with E-state index in [1.807, 2.05) is 24.3 Å². The van der Waals surface area contributed by atoms with Gasteiger partial charge in [0.1, 0.15) is 11.9 Å². The maximum absolute atomic E-state index is 13.0. The van der Waals surface area contributed by atoms with Crippen molar-refractivity contribution in [2.45, 2.75) is 12.2 Å². The van der Waals surface area contributed by atoms with Crippen LogP contribution in [-0.4, -0.2) is 28.6 Å².